The number of fused-ring (bicyclic) bond motifs is 1. The number of nitrogens with one attached hydrogen (secondary N) is 2. The lowest BCUT2D eigenvalue weighted by atomic mass is 10.2. The van der Waals surface area contributed by atoms with Crippen molar-refractivity contribution < 1.29 is 9.59 Å². The van der Waals surface area contributed by atoms with Crippen molar-refractivity contribution in [3.05, 3.63) is 59.8 Å². The monoisotopic (exact) mass is 324 g/mol. The van der Waals surface area contributed by atoms with Crippen LogP contribution in [0.25, 0.3) is 5.65 Å². The Morgan fingerprint density at radius 2 is 1.88 bits per heavy atom. The minimum Gasteiger partial charge on any atom is -0.350 e. The van der Waals surface area contributed by atoms with Crippen LogP contribution in [0.5, 0.6) is 0 Å². The maximum Gasteiger partial charge on any atom is 0.254 e. The Balaban J connectivity index is 1.54. The lowest BCUT2D eigenvalue weighted by molar-refractivity contribution is 0.0926. The van der Waals surface area contributed by atoms with E-state index in [0.29, 0.717) is 35.6 Å². The number of pyridine rings is 1. The highest BCUT2D eigenvalue weighted by Crippen LogP contribution is 2.08. The maximum absolute atomic E-state index is 12.2. The number of hydrogen-bond donors (Lipinski definition) is 2. The molecule has 0 unspecified atom stereocenters. The number of aryl methyl sites for hydroxylation is 1. The molecule has 8 heteroatoms. The summed E-state index contributed by atoms with van der Waals surface area (Å²) in [5, 5.41) is 9.60. The second-order valence-electron chi connectivity index (χ2n) is 5.11. The summed E-state index contributed by atoms with van der Waals surface area (Å²) in [4.78, 5) is 32.1. The number of aromatic nitrogens is 4. The highest BCUT2D eigenvalue weighted by molar-refractivity contribution is 5.95. The number of nitrogens with zero attached hydrogens (tertiary/aromatic N) is 4. The van der Waals surface area contributed by atoms with E-state index < -0.39 is 0 Å². The first kappa shape index (κ1) is 15.6. The maximum atomic E-state index is 12.2. The van der Waals surface area contributed by atoms with Crippen LogP contribution in [0.15, 0.2) is 43.0 Å². The Morgan fingerprint density at radius 1 is 1.08 bits per heavy atom. The van der Waals surface area contributed by atoms with Crippen LogP contribution in [-0.2, 0) is 0 Å². The van der Waals surface area contributed by atoms with E-state index in [0.717, 1.165) is 0 Å². The average molecular weight is 324 g/mol. The molecular weight excluding hydrogens is 308 g/mol. The summed E-state index contributed by atoms with van der Waals surface area (Å²) in [5.41, 5.74) is 2.33. The van der Waals surface area contributed by atoms with Gasteiger partial charge in [-0.1, -0.05) is 0 Å². The normalized spacial score (nSPS) is 10.5. The first-order chi connectivity index (χ1) is 11.7. The molecular formula is C16H16N6O2. The van der Waals surface area contributed by atoms with Crippen molar-refractivity contribution in [2.45, 2.75) is 6.92 Å². The first-order valence-electron chi connectivity index (χ1n) is 7.42. The third kappa shape index (κ3) is 3.22. The quantitative estimate of drug-likeness (QED) is 0.669. The average Bonchev–Trinajstić information content (AvgIpc) is 3.09. The molecule has 0 aliphatic rings. The summed E-state index contributed by atoms with van der Waals surface area (Å²) in [6.07, 6.45) is 6.24. The molecule has 0 atom stereocenters. The van der Waals surface area contributed by atoms with E-state index >= 15 is 0 Å². The van der Waals surface area contributed by atoms with Gasteiger partial charge in [0.15, 0.2) is 5.65 Å². The van der Waals surface area contributed by atoms with Crippen LogP contribution in [0, 0.1) is 6.92 Å². The van der Waals surface area contributed by atoms with E-state index in [4.69, 9.17) is 0 Å². The molecule has 3 rings (SSSR count). The van der Waals surface area contributed by atoms with Crippen molar-refractivity contribution in [2.75, 3.05) is 13.1 Å². The van der Waals surface area contributed by atoms with Gasteiger partial charge in [-0.05, 0) is 19.1 Å². The van der Waals surface area contributed by atoms with Gasteiger partial charge in [-0.25, -0.2) is 9.50 Å². The molecule has 3 aromatic rings. The van der Waals surface area contributed by atoms with Crippen molar-refractivity contribution in [2.24, 2.45) is 0 Å². The predicted molar refractivity (Wildman–Crippen MR) is 86.6 cm³/mol. The van der Waals surface area contributed by atoms with Gasteiger partial charge in [-0.15, -0.1) is 0 Å². The Bertz CT molecular complexity index is 875. The lowest BCUT2D eigenvalue weighted by Gasteiger charge is -2.09. The molecule has 0 fully saturated rings. The van der Waals surface area contributed by atoms with Crippen LogP contribution >= 0.6 is 0 Å². The Kier molecular flexibility index (Phi) is 4.46. The Labute approximate surface area is 137 Å². The number of carbonyl (C=O) groups is 2. The molecule has 0 aromatic carbocycles. The summed E-state index contributed by atoms with van der Waals surface area (Å²) in [7, 11) is 0. The van der Waals surface area contributed by atoms with Crippen LogP contribution < -0.4 is 10.6 Å². The molecule has 0 aliphatic carbocycles. The SMILES string of the molecule is Cc1c(C(=O)NCCNC(=O)c2cccnc2)cnc2ccnn12. The molecule has 2 amide bonds. The van der Waals surface area contributed by atoms with Crippen LogP contribution in [-0.4, -0.2) is 44.5 Å². The molecule has 3 aromatic heterocycles. The molecule has 0 spiro atoms. The molecule has 8 nitrogen and oxygen atoms in total. The smallest absolute Gasteiger partial charge is 0.254 e. The van der Waals surface area contributed by atoms with Crippen LogP contribution in [0.4, 0.5) is 0 Å². The molecule has 0 radical (unpaired) electrons. The van der Waals surface area contributed by atoms with Gasteiger partial charge in [0.25, 0.3) is 11.8 Å². The molecule has 0 bridgehead atoms. The fraction of sp³-hybridized carbons (Fsp3) is 0.188. The fourth-order valence-electron chi connectivity index (χ4n) is 2.26. The second-order valence-corrected chi connectivity index (χ2v) is 5.11. The van der Waals surface area contributed by atoms with Gasteiger partial charge in [0.05, 0.1) is 23.0 Å². The van der Waals surface area contributed by atoms with E-state index in [2.05, 4.69) is 25.7 Å². The van der Waals surface area contributed by atoms with Crippen molar-refractivity contribution >= 4 is 17.5 Å². The van der Waals surface area contributed by atoms with Crippen molar-refractivity contribution in [1.29, 1.82) is 0 Å². The third-order valence-electron chi connectivity index (χ3n) is 3.52. The van der Waals surface area contributed by atoms with Gasteiger partial charge in [0, 0.05) is 37.7 Å². The van der Waals surface area contributed by atoms with Gasteiger partial charge in [-0.2, -0.15) is 5.10 Å². The summed E-state index contributed by atoms with van der Waals surface area (Å²) in [5.74, 6) is -0.485. The number of amides is 2. The number of hydrogen-bond acceptors (Lipinski definition) is 5. The van der Waals surface area contributed by atoms with Crippen molar-refractivity contribution in [3.63, 3.8) is 0 Å². The number of rotatable bonds is 5. The second kappa shape index (κ2) is 6.86. The van der Waals surface area contributed by atoms with E-state index in [1.165, 1.54) is 12.4 Å². The highest BCUT2D eigenvalue weighted by atomic mass is 16.2. The van der Waals surface area contributed by atoms with Crippen molar-refractivity contribution in [1.82, 2.24) is 30.2 Å². The van der Waals surface area contributed by atoms with Crippen LogP contribution in [0.1, 0.15) is 26.4 Å². The van der Waals surface area contributed by atoms with E-state index in [1.54, 1.807) is 42.0 Å². The van der Waals surface area contributed by atoms with Gasteiger partial charge >= 0.3 is 0 Å². The zero-order valence-electron chi connectivity index (χ0n) is 13.1. The topological polar surface area (TPSA) is 101 Å². The Hall–Kier alpha value is -3.29. The van der Waals surface area contributed by atoms with Gasteiger partial charge in [0.2, 0.25) is 0 Å². The molecule has 0 saturated heterocycles. The molecule has 2 N–H and O–H groups in total. The van der Waals surface area contributed by atoms with Crippen LogP contribution in [0.2, 0.25) is 0 Å². The molecule has 3 heterocycles. The Morgan fingerprint density at radius 3 is 2.62 bits per heavy atom. The molecule has 0 saturated carbocycles. The minimum absolute atomic E-state index is 0.229. The largest absolute Gasteiger partial charge is 0.350 e. The fourth-order valence-corrected chi connectivity index (χ4v) is 2.26. The van der Waals surface area contributed by atoms with E-state index in [1.807, 2.05) is 0 Å². The van der Waals surface area contributed by atoms with Gasteiger partial charge < -0.3 is 10.6 Å². The first-order valence-corrected chi connectivity index (χ1v) is 7.42. The zero-order valence-corrected chi connectivity index (χ0v) is 13.1. The van der Waals surface area contributed by atoms with Gasteiger partial charge in [0.1, 0.15) is 0 Å². The summed E-state index contributed by atoms with van der Waals surface area (Å²) in [6, 6.07) is 5.13. The molecule has 0 aliphatic heterocycles. The summed E-state index contributed by atoms with van der Waals surface area (Å²) < 4.78 is 1.61. The zero-order chi connectivity index (χ0) is 16.9. The summed E-state index contributed by atoms with van der Waals surface area (Å²) in [6.45, 7) is 2.43. The predicted octanol–water partition coefficient (Wildman–Crippen LogP) is 0.593. The molecule has 24 heavy (non-hydrogen) atoms. The van der Waals surface area contributed by atoms with Gasteiger partial charge in [-0.3, -0.25) is 14.6 Å². The standard InChI is InChI=1S/C16H16N6O2/c1-11-13(10-20-14-4-6-21-22(11)14)16(24)19-8-7-18-15(23)12-3-2-5-17-9-12/h2-6,9-10H,7-8H2,1H3,(H,18,23)(H,19,24). The third-order valence-corrected chi connectivity index (χ3v) is 3.52. The van der Waals surface area contributed by atoms with E-state index in [-0.39, 0.29) is 11.8 Å². The van der Waals surface area contributed by atoms with Crippen LogP contribution in [0.3, 0.4) is 0 Å². The van der Waals surface area contributed by atoms with E-state index in [9.17, 15) is 9.59 Å². The van der Waals surface area contributed by atoms with Crippen molar-refractivity contribution in [3.8, 4) is 0 Å². The minimum atomic E-state index is -0.256. The summed E-state index contributed by atoms with van der Waals surface area (Å²) >= 11 is 0. The number of carbonyl (C=O) groups excluding carboxylic acids is 2. The highest BCUT2D eigenvalue weighted by Gasteiger charge is 2.12. The molecule has 122 valence electrons. The lowest BCUT2D eigenvalue weighted by Crippen LogP contribution is -2.35.